The molecule has 0 radical (unpaired) electrons. The molecule has 0 saturated carbocycles. The van der Waals surface area contributed by atoms with Gasteiger partial charge in [0, 0.05) is 0 Å². The van der Waals surface area contributed by atoms with Crippen molar-refractivity contribution in [2.45, 2.75) is 20.0 Å². The van der Waals surface area contributed by atoms with E-state index in [-0.39, 0.29) is 11.3 Å². The molecule has 0 bridgehead atoms. The Morgan fingerprint density at radius 2 is 1.74 bits per heavy atom. The lowest BCUT2D eigenvalue weighted by Gasteiger charge is -2.28. The van der Waals surface area contributed by atoms with E-state index in [1.165, 1.54) is 7.11 Å². The normalized spacial score (nSPS) is 16.6. The Bertz CT molecular complexity index is 788. The maximum absolute atomic E-state index is 12.2. The van der Waals surface area contributed by atoms with Crippen molar-refractivity contribution in [1.29, 1.82) is 0 Å². The zero-order valence-electron chi connectivity index (χ0n) is 13.3. The first-order chi connectivity index (χ1) is 11.0. The number of aryl methyl sites for hydroxylation is 2. The van der Waals surface area contributed by atoms with Crippen LogP contribution in [0, 0.1) is 13.8 Å². The van der Waals surface area contributed by atoms with E-state index in [0.29, 0.717) is 11.3 Å². The van der Waals surface area contributed by atoms with Gasteiger partial charge in [-0.05, 0) is 31.5 Å². The largest absolute Gasteiger partial charge is 0.506 e. The molecular formula is C19H18O4. The molecule has 0 aliphatic carbocycles. The molecule has 1 heterocycles. The molecule has 118 valence electrons. The second-order valence-corrected chi connectivity index (χ2v) is 5.66. The van der Waals surface area contributed by atoms with Crippen molar-refractivity contribution >= 4 is 11.7 Å². The van der Waals surface area contributed by atoms with Gasteiger partial charge in [-0.25, -0.2) is 4.79 Å². The fourth-order valence-electron chi connectivity index (χ4n) is 2.68. The van der Waals surface area contributed by atoms with Crippen LogP contribution in [0.1, 0.15) is 28.4 Å². The number of fused-ring (bicyclic) bond motifs is 1. The topological polar surface area (TPSA) is 55.8 Å². The van der Waals surface area contributed by atoms with E-state index in [1.54, 1.807) is 12.1 Å². The average Bonchev–Trinajstić information content (AvgIpc) is 2.55. The summed E-state index contributed by atoms with van der Waals surface area (Å²) in [6, 6.07) is 13.1. The van der Waals surface area contributed by atoms with Gasteiger partial charge in [0.15, 0.2) is 6.10 Å². The molecule has 1 aliphatic heterocycles. The van der Waals surface area contributed by atoms with Crippen molar-refractivity contribution < 1.29 is 19.4 Å². The molecule has 1 N–H and O–H groups in total. The first kappa shape index (κ1) is 15.2. The molecule has 2 aromatic carbocycles. The Morgan fingerprint density at radius 3 is 2.39 bits per heavy atom. The highest BCUT2D eigenvalue weighted by Crippen LogP contribution is 2.41. The highest BCUT2D eigenvalue weighted by atomic mass is 16.5. The number of ether oxygens (including phenoxy) is 2. The molecule has 23 heavy (non-hydrogen) atoms. The summed E-state index contributed by atoms with van der Waals surface area (Å²) in [5.74, 6) is -0.140. The van der Waals surface area contributed by atoms with Crippen molar-refractivity contribution in [2.75, 3.05) is 7.11 Å². The van der Waals surface area contributed by atoms with E-state index < -0.39 is 12.1 Å². The van der Waals surface area contributed by atoms with Crippen LogP contribution in [0.15, 0.2) is 48.0 Å². The first-order valence-corrected chi connectivity index (χ1v) is 7.37. The van der Waals surface area contributed by atoms with Gasteiger partial charge in [0.2, 0.25) is 0 Å². The summed E-state index contributed by atoms with van der Waals surface area (Å²) >= 11 is 0. The number of hydrogen-bond acceptors (Lipinski definition) is 4. The summed E-state index contributed by atoms with van der Waals surface area (Å²) in [6.07, 6.45) is -0.696. The number of esters is 1. The maximum Gasteiger partial charge on any atom is 0.341 e. The number of aliphatic hydroxyl groups is 1. The van der Waals surface area contributed by atoms with Crippen LogP contribution in [0.25, 0.3) is 5.76 Å². The van der Waals surface area contributed by atoms with Crippen molar-refractivity contribution in [3.63, 3.8) is 0 Å². The molecule has 0 spiro atoms. The monoisotopic (exact) mass is 310 g/mol. The molecule has 1 atom stereocenters. The Balaban J connectivity index is 2.17. The van der Waals surface area contributed by atoms with Gasteiger partial charge in [-0.2, -0.15) is 0 Å². The van der Waals surface area contributed by atoms with Gasteiger partial charge in [0.1, 0.15) is 17.1 Å². The number of aliphatic hydroxyl groups excluding tert-OH is 1. The molecule has 4 nitrogen and oxygen atoms in total. The molecule has 1 aliphatic rings. The predicted octanol–water partition coefficient (Wildman–Crippen LogP) is 3.88. The van der Waals surface area contributed by atoms with Gasteiger partial charge in [-0.3, -0.25) is 0 Å². The number of methoxy groups -OCH3 is 1. The van der Waals surface area contributed by atoms with E-state index in [1.807, 2.05) is 44.2 Å². The molecular weight excluding hydrogens is 292 g/mol. The van der Waals surface area contributed by atoms with Gasteiger partial charge >= 0.3 is 5.97 Å². The van der Waals surface area contributed by atoms with Crippen LogP contribution in [-0.2, 0) is 9.53 Å². The third-order valence-electron chi connectivity index (χ3n) is 3.94. The molecule has 0 saturated heterocycles. The smallest absolute Gasteiger partial charge is 0.341 e. The fraction of sp³-hybridized carbons (Fsp3) is 0.211. The van der Waals surface area contributed by atoms with E-state index in [2.05, 4.69) is 0 Å². The highest BCUT2D eigenvalue weighted by molar-refractivity contribution is 5.98. The summed E-state index contributed by atoms with van der Waals surface area (Å²) in [6.45, 7) is 3.90. The maximum atomic E-state index is 12.2. The predicted molar refractivity (Wildman–Crippen MR) is 87.3 cm³/mol. The van der Waals surface area contributed by atoms with Crippen molar-refractivity contribution in [1.82, 2.24) is 0 Å². The number of carbonyl (C=O) groups excluding carboxylic acids is 1. The van der Waals surface area contributed by atoms with E-state index in [9.17, 15) is 9.90 Å². The fourth-order valence-corrected chi connectivity index (χ4v) is 2.68. The minimum atomic E-state index is -0.696. The van der Waals surface area contributed by atoms with Gasteiger partial charge in [-0.1, -0.05) is 41.5 Å². The van der Waals surface area contributed by atoms with Crippen molar-refractivity contribution in [2.24, 2.45) is 0 Å². The van der Waals surface area contributed by atoms with Crippen molar-refractivity contribution in [3.05, 3.63) is 70.3 Å². The third kappa shape index (κ3) is 2.68. The van der Waals surface area contributed by atoms with Crippen LogP contribution >= 0.6 is 0 Å². The minimum Gasteiger partial charge on any atom is -0.506 e. The zero-order valence-corrected chi connectivity index (χ0v) is 13.3. The molecule has 0 amide bonds. The van der Waals surface area contributed by atoms with Gasteiger partial charge in [-0.15, -0.1) is 0 Å². The molecule has 0 aromatic heterocycles. The molecule has 2 aromatic rings. The van der Waals surface area contributed by atoms with Crippen molar-refractivity contribution in [3.8, 4) is 5.75 Å². The van der Waals surface area contributed by atoms with E-state index in [0.717, 1.165) is 16.7 Å². The average molecular weight is 310 g/mol. The number of hydrogen-bond donors (Lipinski definition) is 1. The summed E-state index contributed by atoms with van der Waals surface area (Å²) in [7, 11) is 1.29. The SMILES string of the molecule is COC(=O)C1=C(O)c2cc(C)ccc2OC1c1ccc(C)cc1. The lowest BCUT2D eigenvalue weighted by atomic mass is 9.93. The van der Waals surface area contributed by atoms with Gasteiger partial charge in [0.25, 0.3) is 0 Å². The number of carbonyl (C=O) groups is 1. The standard InChI is InChI=1S/C19H18O4/c1-11-4-7-13(8-5-11)18-16(19(21)22-3)17(20)14-10-12(2)6-9-15(14)23-18/h4-10,18,20H,1-3H3. The van der Waals surface area contributed by atoms with Crippen LogP contribution in [0.2, 0.25) is 0 Å². The Morgan fingerprint density at radius 1 is 1.09 bits per heavy atom. The summed E-state index contributed by atoms with van der Waals surface area (Å²) in [5, 5.41) is 10.6. The molecule has 4 heteroatoms. The minimum absolute atomic E-state index is 0.0904. The number of benzene rings is 2. The van der Waals surface area contributed by atoms with E-state index in [4.69, 9.17) is 9.47 Å². The van der Waals surface area contributed by atoms with Crippen LogP contribution in [-0.4, -0.2) is 18.2 Å². The quantitative estimate of drug-likeness (QED) is 0.855. The number of rotatable bonds is 2. The Labute approximate surface area is 135 Å². The molecule has 3 rings (SSSR count). The molecule has 0 fully saturated rings. The summed E-state index contributed by atoms with van der Waals surface area (Å²) < 4.78 is 10.8. The summed E-state index contributed by atoms with van der Waals surface area (Å²) in [4.78, 5) is 12.2. The highest BCUT2D eigenvalue weighted by Gasteiger charge is 2.35. The summed E-state index contributed by atoms with van der Waals surface area (Å²) in [5.41, 5.74) is 3.49. The second-order valence-electron chi connectivity index (χ2n) is 5.66. The Hall–Kier alpha value is -2.75. The van der Waals surface area contributed by atoms with E-state index >= 15 is 0 Å². The van der Waals surface area contributed by atoms with Crippen LogP contribution in [0.5, 0.6) is 5.75 Å². The van der Waals surface area contributed by atoms with Gasteiger partial charge < -0.3 is 14.6 Å². The van der Waals surface area contributed by atoms with Crippen LogP contribution in [0.4, 0.5) is 0 Å². The first-order valence-electron chi connectivity index (χ1n) is 7.37. The zero-order chi connectivity index (χ0) is 16.6. The van der Waals surface area contributed by atoms with Crippen LogP contribution in [0.3, 0.4) is 0 Å². The van der Waals surface area contributed by atoms with Gasteiger partial charge in [0.05, 0.1) is 12.7 Å². The van der Waals surface area contributed by atoms with Crippen LogP contribution < -0.4 is 4.74 Å². The Kier molecular flexibility index (Phi) is 3.82. The lowest BCUT2D eigenvalue weighted by molar-refractivity contribution is -0.137. The lowest BCUT2D eigenvalue weighted by Crippen LogP contribution is -2.24. The molecule has 1 unspecified atom stereocenters. The third-order valence-corrected chi connectivity index (χ3v) is 3.94. The second kappa shape index (κ2) is 5.80.